The Morgan fingerprint density at radius 1 is 1.40 bits per heavy atom. The molecule has 4 nitrogen and oxygen atoms in total. The Morgan fingerprint density at radius 3 is 2.80 bits per heavy atom. The normalized spacial score (nSPS) is 20.2. The molecule has 1 saturated heterocycles. The highest BCUT2D eigenvalue weighted by Crippen LogP contribution is 2.13. The van der Waals surface area contributed by atoms with Crippen molar-refractivity contribution in [1.82, 2.24) is 10.6 Å². The third-order valence-electron chi connectivity index (χ3n) is 3.55. The lowest BCUT2D eigenvalue weighted by atomic mass is 10.0. The maximum atomic E-state index is 12.0. The van der Waals surface area contributed by atoms with Gasteiger partial charge in [-0.15, -0.1) is 0 Å². The van der Waals surface area contributed by atoms with E-state index in [0.717, 1.165) is 31.6 Å². The number of aryl methyl sites for hydroxylation is 1. The minimum absolute atomic E-state index is 0.0321. The molecule has 1 aliphatic heterocycles. The van der Waals surface area contributed by atoms with Crippen molar-refractivity contribution < 1.29 is 9.53 Å². The number of benzene rings is 1. The van der Waals surface area contributed by atoms with Gasteiger partial charge in [-0.05, 0) is 45.4 Å². The summed E-state index contributed by atoms with van der Waals surface area (Å²) in [5, 5.41) is 6.20. The molecule has 1 heterocycles. The van der Waals surface area contributed by atoms with Crippen molar-refractivity contribution in [3.05, 3.63) is 29.8 Å². The Balaban J connectivity index is 1.72. The molecule has 2 N–H and O–H groups in total. The number of nitrogens with one attached hydrogen (secondary N) is 2. The first kappa shape index (κ1) is 14.9. The lowest BCUT2D eigenvalue weighted by Crippen LogP contribution is -2.48. The van der Waals surface area contributed by atoms with Gasteiger partial charge in [0.05, 0.1) is 12.6 Å². The quantitative estimate of drug-likeness (QED) is 0.865. The summed E-state index contributed by atoms with van der Waals surface area (Å²) >= 11 is 0. The van der Waals surface area contributed by atoms with Gasteiger partial charge in [0.15, 0.2) is 0 Å². The van der Waals surface area contributed by atoms with Crippen LogP contribution in [0.1, 0.15) is 31.7 Å². The molecule has 1 amide bonds. The van der Waals surface area contributed by atoms with Gasteiger partial charge < -0.3 is 15.4 Å². The van der Waals surface area contributed by atoms with E-state index >= 15 is 0 Å². The maximum Gasteiger partial charge on any atom is 0.237 e. The molecular formula is C16H24N2O2. The predicted molar refractivity (Wildman–Crippen MR) is 79.9 cm³/mol. The van der Waals surface area contributed by atoms with Crippen molar-refractivity contribution in [2.75, 3.05) is 13.1 Å². The van der Waals surface area contributed by atoms with E-state index in [2.05, 4.69) is 10.6 Å². The first-order chi connectivity index (χ1) is 9.65. The van der Waals surface area contributed by atoms with Gasteiger partial charge in [-0.1, -0.05) is 24.1 Å². The van der Waals surface area contributed by atoms with E-state index < -0.39 is 0 Å². The molecular weight excluding hydrogens is 252 g/mol. The number of piperidine rings is 1. The second-order valence-corrected chi connectivity index (χ2v) is 5.49. The Labute approximate surface area is 120 Å². The number of hydrogen-bond donors (Lipinski definition) is 2. The molecule has 0 aromatic heterocycles. The van der Waals surface area contributed by atoms with Crippen LogP contribution in [0, 0.1) is 6.92 Å². The number of carbonyl (C=O) groups is 1. The first-order valence-electron chi connectivity index (χ1n) is 7.39. The third kappa shape index (κ3) is 4.53. The lowest BCUT2D eigenvalue weighted by molar-refractivity contribution is -0.124. The zero-order valence-corrected chi connectivity index (χ0v) is 12.3. The summed E-state index contributed by atoms with van der Waals surface area (Å²) in [6.07, 6.45) is 3.18. The smallest absolute Gasteiger partial charge is 0.237 e. The monoisotopic (exact) mass is 276 g/mol. The van der Waals surface area contributed by atoms with Gasteiger partial charge in [-0.25, -0.2) is 0 Å². The fourth-order valence-electron chi connectivity index (χ4n) is 2.33. The molecule has 20 heavy (non-hydrogen) atoms. The topological polar surface area (TPSA) is 50.4 Å². The van der Waals surface area contributed by atoms with Gasteiger partial charge >= 0.3 is 0 Å². The molecule has 1 aromatic carbocycles. The summed E-state index contributed by atoms with van der Waals surface area (Å²) in [6.45, 7) is 5.48. The Hall–Kier alpha value is -1.55. The van der Waals surface area contributed by atoms with Crippen LogP contribution in [0.5, 0.6) is 5.75 Å². The Kier molecular flexibility index (Phi) is 5.41. The summed E-state index contributed by atoms with van der Waals surface area (Å²) in [7, 11) is 0. The Morgan fingerprint density at radius 2 is 2.15 bits per heavy atom. The molecule has 0 aliphatic carbocycles. The van der Waals surface area contributed by atoms with Crippen molar-refractivity contribution in [3.63, 3.8) is 0 Å². The molecule has 2 atom stereocenters. The molecule has 0 spiro atoms. The SMILES string of the molecule is Cc1ccc(OC(C)CNC(=O)C2CCCCN2)cc1. The second kappa shape index (κ2) is 7.29. The minimum atomic E-state index is -0.0368. The van der Waals surface area contributed by atoms with Crippen LogP contribution < -0.4 is 15.4 Å². The van der Waals surface area contributed by atoms with Gasteiger partial charge in [0.2, 0.25) is 5.91 Å². The van der Waals surface area contributed by atoms with Crippen LogP contribution in [0.4, 0.5) is 0 Å². The molecule has 110 valence electrons. The second-order valence-electron chi connectivity index (χ2n) is 5.49. The van der Waals surface area contributed by atoms with Crippen molar-refractivity contribution in [2.24, 2.45) is 0 Å². The van der Waals surface area contributed by atoms with E-state index in [1.54, 1.807) is 0 Å². The van der Waals surface area contributed by atoms with Gasteiger partial charge in [-0.2, -0.15) is 0 Å². The highest BCUT2D eigenvalue weighted by atomic mass is 16.5. The summed E-state index contributed by atoms with van der Waals surface area (Å²) in [5.41, 5.74) is 1.21. The summed E-state index contributed by atoms with van der Waals surface area (Å²) in [4.78, 5) is 12.0. The van der Waals surface area contributed by atoms with Crippen molar-refractivity contribution in [1.29, 1.82) is 0 Å². The van der Waals surface area contributed by atoms with Crippen molar-refractivity contribution in [3.8, 4) is 5.75 Å². The van der Waals surface area contributed by atoms with Crippen LogP contribution in [-0.4, -0.2) is 31.1 Å². The fraction of sp³-hybridized carbons (Fsp3) is 0.562. The molecule has 0 radical (unpaired) electrons. The summed E-state index contributed by atoms with van der Waals surface area (Å²) in [5.74, 6) is 0.928. The zero-order chi connectivity index (χ0) is 14.4. The number of rotatable bonds is 5. The number of carbonyl (C=O) groups excluding carboxylic acids is 1. The number of ether oxygens (including phenoxy) is 1. The molecule has 0 bridgehead atoms. The van der Waals surface area contributed by atoms with E-state index in [0.29, 0.717) is 6.54 Å². The summed E-state index contributed by atoms with van der Waals surface area (Å²) in [6, 6.07) is 7.92. The number of hydrogen-bond acceptors (Lipinski definition) is 3. The lowest BCUT2D eigenvalue weighted by Gasteiger charge is -2.23. The molecule has 2 rings (SSSR count). The zero-order valence-electron chi connectivity index (χ0n) is 12.3. The van der Waals surface area contributed by atoms with Gasteiger partial charge in [0.1, 0.15) is 11.9 Å². The van der Waals surface area contributed by atoms with Crippen molar-refractivity contribution in [2.45, 2.75) is 45.3 Å². The molecule has 1 aliphatic rings. The third-order valence-corrected chi connectivity index (χ3v) is 3.55. The molecule has 0 saturated carbocycles. The molecule has 2 unspecified atom stereocenters. The van der Waals surface area contributed by atoms with E-state index in [1.165, 1.54) is 5.56 Å². The highest BCUT2D eigenvalue weighted by Gasteiger charge is 2.20. The van der Waals surface area contributed by atoms with Crippen LogP contribution in [0.2, 0.25) is 0 Å². The summed E-state index contributed by atoms with van der Waals surface area (Å²) < 4.78 is 5.77. The van der Waals surface area contributed by atoms with Gasteiger partial charge in [0, 0.05) is 0 Å². The van der Waals surface area contributed by atoms with Crippen molar-refractivity contribution >= 4 is 5.91 Å². The van der Waals surface area contributed by atoms with Crippen LogP contribution in [0.3, 0.4) is 0 Å². The molecule has 4 heteroatoms. The van der Waals surface area contributed by atoms with E-state index in [-0.39, 0.29) is 18.1 Å². The van der Waals surface area contributed by atoms with Crippen LogP contribution in [0.15, 0.2) is 24.3 Å². The predicted octanol–water partition coefficient (Wildman–Crippen LogP) is 2.02. The number of amides is 1. The van der Waals surface area contributed by atoms with Gasteiger partial charge in [-0.3, -0.25) is 4.79 Å². The maximum absolute atomic E-state index is 12.0. The van der Waals surface area contributed by atoms with E-state index in [4.69, 9.17) is 4.74 Å². The van der Waals surface area contributed by atoms with Crippen LogP contribution in [0.25, 0.3) is 0 Å². The first-order valence-corrected chi connectivity index (χ1v) is 7.39. The van der Waals surface area contributed by atoms with Gasteiger partial charge in [0.25, 0.3) is 0 Å². The largest absolute Gasteiger partial charge is 0.489 e. The average molecular weight is 276 g/mol. The van der Waals surface area contributed by atoms with Crippen LogP contribution >= 0.6 is 0 Å². The van der Waals surface area contributed by atoms with E-state index in [9.17, 15) is 4.79 Å². The standard InChI is InChI=1S/C16H24N2O2/c1-12-6-8-14(9-7-12)20-13(2)11-18-16(19)15-5-3-4-10-17-15/h6-9,13,15,17H,3-5,10-11H2,1-2H3,(H,18,19). The molecule has 1 aromatic rings. The Bertz CT molecular complexity index is 425. The fourth-order valence-corrected chi connectivity index (χ4v) is 2.33. The average Bonchev–Trinajstić information content (AvgIpc) is 2.48. The van der Waals surface area contributed by atoms with E-state index in [1.807, 2.05) is 38.1 Å². The minimum Gasteiger partial charge on any atom is -0.489 e. The van der Waals surface area contributed by atoms with Crippen LogP contribution in [-0.2, 0) is 4.79 Å². The highest BCUT2D eigenvalue weighted by molar-refractivity contribution is 5.81. The molecule has 1 fully saturated rings.